The molecule has 6 heteroatoms. The normalized spacial score (nSPS) is 15.6. The van der Waals surface area contributed by atoms with Crippen molar-refractivity contribution in [2.24, 2.45) is 0 Å². The molecular weight excluding hydrogens is 272 g/mol. The van der Waals surface area contributed by atoms with Crippen LogP contribution in [0.3, 0.4) is 0 Å². The lowest BCUT2D eigenvalue weighted by Gasteiger charge is -2.21. The molecule has 1 aliphatic rings. The van der Waals surface area contributed by atoms with Gasteiger partial charge in [-0.15, -0.1) is 0 Å². The Kier molecular flexibility index (Phi) is 5.68. The maximum atomic E-state index is 11.9. The quantitative estimate of drug-likeness (QED) is 0.781. The number of aromatic nitrogens is 1. The molecule has 1 heterocycles. The zero-order valence-electron chi connectivity index (χ0n) is 11.9. The predicted molar refractivity (Wildman–Crippen MR) is 76.4 cm³/mol. The Labute approximate surface area is 123 Å². The van der Waals surface area contributed by atoms with E-state index in [4.69, 9.17) is 9.84 Å². The van der Waals surface area contributed by atoms with Gasteiger partial charge in [-0.05, 0) is 25.0 Å². The standard InChI is InChI=1S/C15H20N2O4/c18-14(13-12(15(19)20)7-4-8-16-13)17-9-10-21-11-5-2-1-3-6-11/h4,7-8,11H,1-3,5-6,9-10H2,(H,17,18)(H,19,20). The van der Waals surface area contributed by atoms with E-state index in [1.54, 1.807) is 0 Å². The smallest absolute Gasteiger partial charge is 0.338 e. The molecule has 1 saturated carbocycles. The van der Waals surface area contributed by atoms with Crippen LogP contribution in [-0.2, 0) is 4.74 Å². The monoisotopic (exact) mass is 292 g/mol. The summed E-state index contributed by atoms with van der Waals surface area (Å²) in [7, 11) is 0. The van der Waals surface area contributed by atoms with Crippen LogP contribution in [0.1, 0.15) is 53.0 Å². The molecule has 0 aliphatic heterocycles. The molecule has 2 rings (SSSR count). The summed E-state index contributed by atoms with van der Waals surface area (Å²) in [6.45, 7) is 0.788. The number of carboxylic acids is 1. The zero-order chi connectivity index (χ0) is 15.1. The molecule has 1 aliphatic carbocycles. The number of nitrogens with one attached hydrogen (secondary N) is 1. The highest BCUT2D eigenvalue weighted by atomic mass is 16.5. The summed E-state index contributed by atoms with van der Waals surface area (Å²) >= 11 is 0. The van der Waals surface area contributed by atoms with Crippen LogP contribution in [0, 0.1) is 0 Å². The van der Waals surface area contributed by atoms with Crippen LogP contribution in [0.5, 0.6) is 0 Å². The lowest BCUT2D eigenvalue weighted by molar-refractivity contribution is 0.0299. The summed E-state index contributed by atoms with van der Waals surface area (Å²) in [6, 6.07) is 2.86. The van der Waals surface area contributed by atoms with Crippen LogP contribution >= 0.6 is 0 Å². The number of aromatic carboxylic acids is 1. The average molecular weight is 292 g/mol. The van der Waals surface area contributed by atoms with E-state index in [2.05, 4.69) is 10.3 Å². The van der Waals surface area contributed by atoms with Crippen molar-refractivity contribution in [3.8, 4) is 0 Å². The first-order valence-corrected chi connectivity index (χ1v) is 7.26. The van der Waals surface area contributed by atoms with E-state index in [1.807, 2.05) is 0 Å². The number of pyridine rings is 1. The Bertz CT molecular complexity index is 498. The molecule has 0 atom stereocenters. The van der Waals surface area contributed by atoms with Gasteiger partial charge in [0.15, 0.2) is 0 Å². The summed E-state index contributed by atoms with van der Waals surface area (Å²) in [5, 5.41) is 11.7. The zero-order valence-corrected chi connectivity index (χ0v) is 11.9. The Hall–Kier alpha value is -1.95. The first-order valence-electron chi connectivity index (χ1n) is 7.26. The van der Waals surface area contributed by atoms with E-state index in [9.17, 15) is 9.59 Å². The van der Waals surface area contributed by atoms with Crippen LogP contribution in [0.2, 0.25) is 0 Å². The molecule has 0 aromatic carbocycles. The van der Waals surface area contributed by atoms with Gasteiger partial charge >= 0.3 is 5.97 Å². The molecule has 6 nitrogen and oxygen atoms in total. The fourth-order valence-electron chi connectivity index (χ4n) is 2.46. The second-order valence-electron chi connectivity index (χ2n) is 5.09. The van der Waals surface area contributed by atoms with Gasteiger partial charge in [-0.1, -0.05) is 19.3 Å². The van der Waals surface area contributed by atoms with Gasteiger partial charge in [-0.2, -0.15) is 0 Å². The summed E-state index contributed by atoms with van der Waals surface area (Å²) in [4.78, 5) is 26.8. The largest absolute Gasteiger partial charge is 0.478 e. The molecule has 0 unspecified atom stereocenters. The van der Waals surface area contributed by atoms with Crippen molar-refractivity contribution < 1.29 is 19.4 Å². The number of hydrogen-bond donors (Lipinski definition) is 2. The minimum Gasteiger partial charge on any atom is -0.478 e. The fourth-order valence-corrected chi connectivity index (χ4v) is 2.46. The van der Waals surface area contributed by atoms with E-state index < -0.39 is 11.9 Å². The van der Waals surface area contributed by atoms with Crippen molar-refractivity contribution in [2.75, 3.05) is 13.2 Å². The van der Waals surface area contributed by atoms with Crippen LogP contribution in [-0.4, -0.2) is 41.2 Å². The number of hydrogen-bond acceptors (Lipinski definition) is 4. The Morgan fingerprint density at radius 3 is 2.81 bits per heavy atom. The van der Waals surface area contributed by atoms with E-state index in [0.29, 0.717) is 19.3 Å². The Balaban J connectivity index is 1.78. The van der Waals surface area contributed by atoms with Crippen molar-refractivity contribution in [2.45, 2.75) is 38.2 Å². The first-order chi connectivity index (χ1) is 10.2. The van der Waals surface area contributed by atoms with Crippen LogP contribution in [0.4, 0.5) is 0 Å². The Morgan fingerprint density at radius 2 is 2.10 bits per heavy atom. The molecular formula is C15H20N2O4. The third-order valence-corrected chi connectivity index (χ3v) is 3.55. The van der Waals surface area contributed by atoms with E-state index in [1.165, 1.54) is 37.6 Å². The summed E-state index contributed by atoms with van der Waals surface area (Å²) in [5.41, 5.74) is -0.161. The van der Waals surface area contributed by atoms with Crippen molar-refractivity contribution in [1.82, 2.24) is 10.3 Å². The maximum Gasteiger partial charge on any atom is 0.338 e. The lowest BCUT2D eigenvalue weighted by atomic mass is 9.98. The third kappa shape index (κ3) is 4.53. The SMILES string of the molecule is O=C(O)c1cccnc1C(=O)NCCOC1CCCCC1. The molecule has 21 heavy (non-hydrogen) atoms. The number of ether oxygens (including phenoxy) is 1. The van der Waals surface area contributed by atoms with Gasteiger partial charge in [0.2, 0.25) is 0 Å². The second-order valence-corrected chi connectivity index (χ2v) is 5.09. The molecule has 2 N–H and O–H groups in total. The molecule has 1 aromatic heterocycles. The molecule has 1 amide bonds. The summed E-state index contributed by atoms with van der Waals surface area (Å²) in [6.07, 6.45) is 7.53. The van der Waals surface area contributed by atoms with Gasteiger partial charge in [0.1, 0.15) is 5.69 Å². The van der Waals surface area contributed by atoms with Gasteiger partial charge in [0.05, 0.1) is 18.3 Å². The van der Waals surface area contributed by atoms with E-state index in [-0.39, 0.29) is 11.3 Å². The molecule has 0 radical (unpaired) electrons. The fraction of sp³-hybridized carbons (Fsp3) is 0.533. The van der Waals surface area contributed by atoms with Crippen molar-refractivity contribution in [3.63, 3.8) is 0 Å². The minimum absolute atomic E-state index is 0.0670. The highest BCUT2D eigenvalue weighted by Crippen LogP contribution is 2.19. The van der Waals surface area contributed by atoms with Gasteiger partial charge < -0.3 is 15.2 Å². The predicted octanol–water partition coefficient (Wildman–Crippen LogP) is 1.86. The highest BCUT2D eigenvalue weighted by molar-refractivity contribution is 6.03. The van der Waals surface area contributed by atoms with E-state index >= 15 is 0 Å². The van der Waals surface area contributed by atoms with Gasteiger partial charge in [0, 0.05) is 12.7 Å². The van der Waals surface area contributed by atoms with Crippen molar-refractivity contribution in [3.05, 3.63) is 29.6 Å². The van der Waals surface area contributed by atoms with Crippen LogP contribution in [0.25, 0.3) is 0 Å². The number of carbonyl (C=O) groups is 2. The molecule has 1 aromatic rings. The molecule has 0 saturated heterocycles. The summed E-state index contributed by atoms with van der Waals surface area (Å²) < 4.78 is 5.70. The highest BCUT2D eigenvalue weighted by Gasteiger charge is 2.17. The molecule has 0 bridgehead atoms. The van der Waals surface area contributed by atoms with Crippen molar-refractivity contribution >= 4 is 11.9 Å². The van der Waals surface area contributed by atoms with Crippen LogP contribution in [0.15, 0.2) is 18.3 Å². The Morgan fingerprint density at radius 1 is 1.33 bits per heavy atom. The molecule has 114 valence electrons. The van der Waals surface area contributed by atoms with Crippen LogP contribution < -0.4 is 5.32 Å². The average Bonchev–Trinajstić information content (AvgIpc) is 2.52. The third-order valence-electron chi connectivity index (χ3n) is 3.55. The first kappa shape index (κ1) is 15.4. The van der Waals surface area contributed by atoms with E-state index in [0.717, 1.165) is 12.8 Å². The number of carboxylic acid groups (broad SMARTS) is 1. The molecule has 1 fully saturated rings. The van der Waals surface area contributed by atoms with Gasteiger partial charge in [0.25, 0.3) is 5.91 Å². The topological polar surface area (TPSA) is 88.5 Å². The number of nitrogens with zero attached hydrogens (tertiary/aromatic N) is 1. The summed E-state index contributed by atoms with van der Waals surface area (Å²) in [5.74, 6) is -1.65. The maximum absolute atomic E-state index is 11.9. The minimum atomic E-state index is -1.16. The van der Waals surface area contributed by atoms with Gasteiger partial charge in [-0.25, -0.2) is 4.79 Å². The second kappa shape index (κ2) is 7.73. The number of rotatable bonds is 6. The van der Waals surface area contributed by atoms with Crippen molar-refractivity contribution in [1.29, 1.82) is 0 Å². The number of carbonyl (C=O) groups excluding carboxylic acids is 1. The molecule has 0 spiro atoms. The number of amides is 1. The lowest BCUT2D eigenvalue weighted by Crippen LogP contribution is -2.31. The van der Waals surface area contributed by atoms with Gasteiger partial charge in [-0.3, -0.25) is 9.78 Å².